The third-order valence-corrected chi connectivity index (χ3v) is 6.69. The molecule has 8 nitrogen and oxygen atoms in total. The molecule has 0 aromatic carbocycles. The Morgan fingerprint density at radius 2 is 2.06 bits per heavy atom. The lowest BCUT2D eigenvalue weighted by atomic mass is 9.78. The first kappa shape index (κ1) is 21.7. The monoisotopic (exact) mass is 426 g/mol. The molecule has 2 N–H and O–H groups in total. The van der Waals surface area contributed by atoms with Crippen molar-refractivity contribution in [2.45, 2.75) is 91.3 Å². The van der Waals surface area contributed by atoms with E-state index in [1.54, 1.807) is 6.33 Å². The molecule has 0 saturated heterocycles. The van der Waals surface area contributed by atoms with Crippen LogP contribution in [0.25, 0.3) is 11.2 Å². The average molecular weight is 427 g/mol. The Kier molecular flexibility index (Phi) is 6.01. The molecular formula is C23H34N6O2. The van der Waals surface area contributed by atoms with Crippen molar-refractivity contribution >= 4 is 17.0 Å². The van der Waals surface area contributed by atoms with E-state index in [4.69, 9.17) is 14.5 Å². The normalized spacial score (nSPS) is 21.8. The Balaban J connectivity index is 1.82. The van der Waals surface area contributed by atoms with E-state index in [0.29, 0.717) is 43.0 Å². The van der Waals surface area contributed by atoms with Gasteiger partial charge in [0.15, 0.2) is 17.3 Å². The van der Waals surface area contributed by atoms with E-state index in [1.165, 1.54) is 0 Å². The van der Waals surface area contributed by atoms with Crippen LogP contribution in [0.1, 0.15) is 82.1 Å². The highest BCUT2D eigenvalue weighted by molar-refractivity contribution is 5.83. The summed E-state index contributed by atoms with van der Waals surface area (Å²) in [5, 5.41) is 19.1. The van der Waals surface area contributed by atoms with Crippen LogP contribution in [0.2, 0.25) is 0 Å². The summed E-state index contributed by atoms with van der Waals surface area (Å²) in [7, 11) is 0. The van der Waals surface area contributed by atoms with Crippen molar-refractivity contribution in [3.05, 3.63) is 29.2 Å². The molecule has 1 aliphatic rings. The van der Waals surface area contributed by atoms with Gasteiger partial charge in [0.1, 0.15) is 16.9 Å². The number of aromatic nitrogens is 5. The Bertz CT molecular complexity index is 1030. The molecule has 1 saturated carbocycles. The lowest BCUT2D eigenvalue weighted by Crippen LogP contribution is -2.34. The number of aliphatic hydroxyl groups is 1. The molecule has 1 aliphatic carbocycles. The molecule has 3 heterocycles. The lowest BCUT2D eigenvalue weighted by Gasteiger charge is -2.34. The van der Waals surface area contributed by atoms with Gasteiger partial charge in [0.2, 0.25) is 0 Å². The topological polar surface area (TPSA) is 102 Å². The first-order valence-electron chi connectivity index (χ1n) is 11.5. The maximum Gasteiger partial charge on any atom is 0.166 e. The molecule has 0 spiro atoms. The zero-order valence-electron chi connectivity index (χ0n) is 19.3. The van der Waals surface area contributed by atoms with Crippen LogP contribution >= 0.6 is 0 Å². The molecule has 2 atom stereocenters. The highest BCUT2D eigenvalue weighted by Crippen LogP contribution is 2.39. The smallest absolute Gasteiger partial charge is 0.166 e. The summed E-state index contributed by atoms with van der Waals surface area (Å²) in [6.45, 7) is 10.9. The number of hydrogen-bond acceptors (Lipinski definition) is 7. The number of imidazole rings is 1. The van der Waals surface area contributed by atoms with Gasteiger partial charge < -0.3 is 19.5 Å². The minimum Gasteiger partial charge on any atom is -0.382 e. The number of rotatable bonds is 7. The van der Waals surface area contributed by atoms with E-state index in [1.807, 2.05) is 18.4 Å². The van der Waals surface area contributed by atoms with Gasteiger partial charge >= 0.3 is 0 Å². The van der Waals surface area contributed by atoms with Crippen LogP contribution in [-0.4, -0.2) is 35.8 Å². The zero-order valence-corrected chi connectivity index (χ0v) is 19.3. The van der Waals surface area contributed by atoms with E-state index >= 15 is 0 Å². The lowest BCUT2D eigenvalue weighted by molar-refractivity contribution is -0.0253. The molecule has 3 aromatic heterocycles. The number of anilines is 1. The quantitative estimate of drug-likeness (QED) is 0.574. The van der Waals surface area contributed by atoms with E-state index in [2.05, 4.69) is 36.2 Å². The number of nitrogens with zero attached hydrogens (tertiary/aromatic N) is 5. The Morgan fingerprint density at radius 1 is 1.29 bits per heavy atom. The molecule has 31 heavy (non-hydrogen) atoms. The standard InChI is InChI=1S/C23H34N6O2/c1-6-17(7-2)25-20-19-21(27-22(26-20)23(30)10-8-9-14(3)11-23)29(13-24-19)12-18-15(4)28-31-16(18)5/h13-14,17,30H,6-12H2,1-5H3,(H,25,26,27)/t14-,23+/m1/s1. The fraction of sp³-hybridized carbons (Fsp3) is 0.652. The number of aryl methyl sites for hydroxylation is 2. The van der Waals surface area contributed by atoms with Gasteiger partial charge in [0.05, 0.1) is 18.6 Å². The molecule has 0 radical (unpaired) electrons. The molecule has 168 valence electrons. The second-order valence-corrected chi connectivity index (χ2v) is 9.13. The van der Waals surface area contributed by atoms with Gasteiger partial charge in [-0.15, -0.1) is 0 Å². The van der Waals surface area contributed by atoms with Gasteiger partial charge in [0, 0.05) is 11.6 Å². The number of fused-ring (bicyclic) bond motifs is 1. The maximum atomic E-state index is 11.5. The first-order chi connectivity index (χ1) is 14.8. The van der Waals surface area contributed by atoms with Gasteiger partial charge in [-0.05, 0) is 51.9 Å². The van der Waals surface area contributed by atoms with Crippen LogP contribution in [0.3, 0.4) is 0 Å². The van der Waals surface area contributed by atoms with E-state index in [0.717, 1.165) is 53.9 Å². The van der Waals surface area contributed by atoms with E-state index in [9.17, 15) is 5.11 Å². The van der Waals surface area contributed by atoms with Crippen molar-refractivity contribution < 1.29 is 9.63 Å². The van der Waals surface area contributed by atoms with Gasteiger partial charge in [-0.3, -0.25) is 0 Å². The third kappa shape index (κ3) is 4.18. The third-order valence-electron chi connectivity index (χ3n) is 6.69. The van der Waals surface area contributed by atoms with Crippen molar-refractivity contribution in [3.8, 4) is 0 Å². The van der Waals surface area contributed by atoms with Crippen molar-refractivity contribution in [1.29, 1.82) is 0 Å². The summed E-state index contributed by atoms with van der Waals surface area (Å²) in [6, 6.07) is 0.290. The minimum atomic E-state index is -1.01. The predicted octanol–water partition coefficient (Wildman–Crippen LogP) is 4.48. The molecule has 0 amide bonds. The highest BCUT2D eigenvalue weighted by Gasteiger charge is 2.38. The number of hydrogen-bond donors (Lipinski definition) is 2. The van der Waals surface area contributed by atoms with Crippen LogP contribution in [0.4, 0.5) is 5.82 Å². The largest absolute Gasteiger partial charge is 0.382 e. The van der Waals surface area contributed by atoms with Crippen LogP contribution < -0.4 is 5.32 Å². The molecule has 0 bridgehead atoms. The predicted molar refractivity (Wildman–Crippen MR) is 120 cm³/mol. The fourth-order valence-corrected chi connectivity index (χ4v) is 4.68. The minimum absolute atomic E-state index is 0.290. The fourth-order valence-electron chi connectivity index (χ4n) is 4.68. The molecule has 8 heteroatoms. The van der Waals surface area contributed by atoms with Gasteiger partial charge in [-0.2, -0.15) is 0 Å². The second kappa shape index (κ2) is 8.57. The highest BCUT2D eigenvalue weighted by atomic mass is 16.5. The van der Waals surface area contributed by atoms with Crippen LogP contribution in [0.15, 0.2) is 10.9 Å². The molecule has 4 rings (SSSR count). The van der Waals surface area contributed by atoms with Crippen LogP contribution in [0.5, 0.6) is 0 Å². The van der Waals surface area contributed by atoms with E-state index < -0.39 is 5.60 Å². The van der Waals surface area contributed by atoms with Gasteiger partial charge in [0.25, 0.3) is 0 Å². The van der Waals surface area contributed by atoms with Crippen molar-refractivity contribution in [2.24, 2.45) is 5.92 Å². The first-order valence-corrected chi connectivity index (χ1v) is 11.5. The zero-order chi connectivity index (χ0) is 22.2. The SMILES string of the molecule is CCC(CC)Nc1nc([C@]2(O)CCC[C@@H](C)C2)nc2c1ncn2Cc1c(C)noc1C. The van der Waals surface area contributed by atoms with Gasteiger partial charge in [-0.1, -0.05) is 32.3 Å². The summed E-state index contributed by atoms with van der Waals surface area (Å²) in [5.74, 6) is 2.45. The van der Waals surface area contributed by atoms with Crippen LogP contribution in [0, 0.1) is 19.8 Å². The summed E-state index contributed by atoms with van der Waals surface area (Å²) in [6.07, 6.45) is 7.24. The maximum absolute atomic E-state index is 11.5. The van der Waals surface area contributed by atoms with Gasteiger partial charge in [-0.25, -0.2) is 15.0 Å². The molecule has 3 aromatic rings. The van der Waals surface area contributed by atoms with Crippen molar-refractivity contribution in [3.63, 3.8) is 0 Å². The summed E-state index contributed by atoms with van der Waals surface area (Å²) in [5.41, 5.74) is 2.34. The summed E-state index contributed by atoms with van der Waals surface area (Å²) in [4.78, 5) is 14.4. The van der Waals surface area contributed by atoms with Crippen LogP contribution in [-0.2, 0) is 12.1 Å². The summed E-state index contributed by atoms with van der Waals surface area (Å²) >= 11 is 0. The number of nitrogens with one attached hydrogen (secondary N) is 1. The Hall–Kier alpha value is -2.48. The molecule has 1 fully saturated rings. The molecule has 0 unspecified atom stereocenters. The van der Waals surface area contributed by atoms with Crippen molar-refractivity contribution in [1.82, 2.24) is 24.7 Å². The Labute approximate surface area is 183 Å². The Morgan fingerprint density at radius 3 is 2.71 bits per heavy atom. The average Bonchev–Trinajstić information content (AvgIpc) is 3.30. The van der Waals surface area contributed by atoms with E-state index in [-0.39, 0.29) is 0 Å². The van der Waals surface area contributed by atoms with Crippen molar-refractivity contribution in [2.75, 3.05) is 5.32 Å². The molecule has 0 aliphatic heterocycles. The second-order valence-electron chi connectivity index (χ2n) is 9.13. The molecular weight excluding hydrogens is 392 g/mol. The summed E-state index contributed by atoms with van der Waals surface area (Å²) < 4.78 is 7.34.